The zero-order valence-corrected chi connectivity index (χ0v) is 9.97. The van der Waals surface area contributed by atoms with E-state index in [1.807, 2.05) is 6.92 Å². The Morgan fingerprint density at radius 3 is 2.56 bits per heavy atom. The Morgan fingerprint density at radius 1 is 1.33 bits per heavy atom. The van der Waals surface area contributed by atoms with Crippen LogP contribution in [-0.4, -0.2) is 18.5 Å². The molecule has 0 aliphatic carbocycles. The molecule has 0 radical (unpaired) electrons. The number of nitrogens with two attached hydrogens (primary N) is 1. The van der Waals surface area contributed by atoms with Gasteiger partial charge in [0.2, 0.25) is 0 Å². The van der Waals surface area contributed by atoms with E-state index < -0.39 is 28.9 Å². The Morgan fingerprint density at radius 2 is 2.00 bits per heavy atom. The van der Waals surface area contributed by atoms with E-state index in [4.69, 9.17) is 5.73 Å². The van der Waals surface area contributed by atoms with Crippen molar-refractivity contribution >= 4 is 5.91 Å². The van der Waals surface area contributed by atoms with Crippen LogP contribution in [-0.2, 0) is 0 Å². The summed E-state index contributed by atoms with van der Waals surface area (Å²) in [5.74, 6) is -5.21. The molecule has 0 heterocycles. The van der Waals surface area contributed by atoms with Crippen molar-refractivity contribution in [3.63, 3.8) is 0 Å². The second-order valence-electron chi connectivity index (χ2n) is 3.88. The van der Waals surface area contributed by atoms with Gasteiger partial charge < -0.3 is 11.1 Å². The predicted octanol–water partition coefficient (Wildman–Crippen LogP) is 1.96. The number of carbonyl (C=O) groups is 1. The van der Waals surface area contributed by atoms with Gasteiger partial charge in [0.05, 0.1) is 5.56 Å². The molecule has 18 heavy (non-hydrogen) atoms. The van der Waals surface area contributed by atoms with Gasteiger partial charge >= 0.3 is 0 Å². The maximum absolute atomic E-state index is 13.4. The second-order valence-corrected chi connectivity index (χ2v) is 3.88. The van der Waals surface area contributed by atoms with E-state index in [-0.39, 0.29) is 6.04 Å². The van der Waals surface area contributed by atoms with Crippen LogP contribution in [0.1, 0.15) is 30.1 Å². The fourth-order valence-electron chi connectivity index (χ4n) is 1.54. The Hall–Kier alpha value is -1.56. The van der Waals surface area contributed by atoms with Crippen molar-refractivity contribution in [2.45, 2.75) is 25.8 Å². The summed E-state index contributed by atoms with van der Waals surface area (Å²) in [4.78, 5) is 11.7. The van der Waals surface area contributed by atoms with Crippen molar-refractivity contribution in [3.8, 4) is 0 Å². The standard InChI is InChI=1S/C12H15F3N2O/c1-2-7(5-6-16)17-12(18)8-3-4-9(13)11(15)10(8)14/h3-4,7H,2,5-6,16H2,1H3,(H,17,18). The highest BCUT2D eigenvalue weighted by Crippen LogP contribution is 2.15. The summed E-state index contributed by atoms with van der Waals surface area (Å²) in [5, 5.41) is 2.52. The highest BCUT2D eigenvalue weighted by Gasteiger charge is 2.20. The minimum Gasteiger partial charge on any atom is -0.349 e. The minimum absolute atomic E-state index is 0.213. The molecule has 100 valence electrons. The van der Waals surface area contributed by atoms with E-state index in [0.717, 1.165) is 12.1 Å². The van der Waals surface area contributed by atoms with E-state index in [1.165, 1.54) is 0 Å². The first-order valence-electron chi connectivity index (χ1n) is 5.65. The molecule has 0 fully saturated rings. The third kappa shape index (κ3) is 3.22. The molecule has 1 rings (SSSR count). The number of carbonyl (C=O) groups excluding carboxylic acids is 1. The topological polar surface area (TPSA) is 55.1 Å². The molecule has 0 spiro atoms. The summed E-state index contributed by atoms with van der Waals surface area (Å²) >= 11 is 0. The Bertz CT molecular complexity index is 438. The van der Waals surface area contributed by atoms with Gasteiger partial charge in [-0.1, -0.05) is 6.92 Å². The molecule has 0 aromatic heterocycles. The highest BCUT2D eigenvalue weighted by atomic mass is 19.2. The zero-order valence-electron chi connectivity index (χ0n) is 9.97. The van der Waals surface area contributed by atoms with E-state index >= 15 is 0 Å². The molecule has 1 aromatic carbocycles. The summed E-state index contributed by atoms with van der Waals surface area (Å²) in [6.07, 6.45) is 1.15. The first-order chi connectivity index (χ1) is 8.51. The number of hydrogen-bond donors (Lipinski definition) is 2. The number of amides is 1. The summed E-state index contributed by atoms with van der Waals surface area (Å²) < 4.78 is 39.0. The molecule has 0 bridgehead atoms. The average Bonchev–Trinajstić information content (AvgIpc) is 2.35. The molecule has 0 aliphatic heterocycles. The SMILES string of the molecule is CCC(CCN)NC(=O)c1ccc(F)c(F)c1F. The maximum Gasteiger partial charge on any atom is 0.254 e. The zero-order chi connectivity index (χ0) is 13.7. The van der Waals surface area contributed by atoms with Gasteiger partial charge in [0.25, 0.3) is 5.91 Å². The van der Waals surface area contributed by atoms with Gasteiger partial charge in [-0.2, -0.15) is 0 Å². The van der Waals surface area contributed by atoms with Gasteiger partial charge in [0.15, 0.2) is 17.5 Å². The molecule has 3 nitrogen and oxygen atoms in total. The van der Waals surface area contributed by atoms with Crippen molar-refractivity contribution in [3.05, 3.63) is 35.1 Å². The largest absolute Gasteiger partial charge is 0.349 e. The van der Waals surface area contributed by atoms with Gasteiger partial charge in [0.1, 0.15) is 0 Å². The van der Waals surface area contributed by atoms with Crippen molar-refractivity contribution in [2.24, 2.45) is 5.73 Å². The number of rotatable bonds is 5. The minimum atomic E-state index is -1.64. The van der Waals surface area contributed by atoms with Crippen LogP contribution in [0.4, 0.5) is 13.2 Å². The van der Waals surface area contributed by atoms with Crippen LogP contribution in [0.15, 0.2) is 12.1 Å². The lowest BCUT2D eigenvalue weighted by Gasteiger charge is -2.16. The maximum atomic E-state index is 13.4. The fourth-order valence-corrected chi connectivity index (χ4v) is 1.54. The van der Waals surface area contributed by atoms with Gasteiger partial charge in [-0.15, -0.1) is 0 Å². The molecule has 3 N–H and O–H groups in total. The van der Waals surface area contributed by atoms with Crippen LogP contribution in [0.5, 0.6) is 0 Å². The Labute approximate surface area is 103 Å². The third-order valence-corrected chi connectivity index (χ3v) is 2.62. The Balaban J connectivity index is 2.87. The third-order valence-electron chi connectivity index (χ3n) is 2.62. The van der Waals surface area contributed by atoms with Crippen molar-refractivity contribution in [1.82, 2.24) is 5.32 Å². The van der Waals surface area contributed by atoms with E-state index in [2.05, 4.69) is 5.32 Å². The molecule has 0 saturated heterocycles. The number of benzene rings is 1. The molecule has 1 amide bonds. The van der Waals surface area contributed by atoms with E-state index in [9.17, 15) is 18.0 Å². The van der Waals surface area contributed by atoms with Gasteiger partial charge in [-0.25, -0.2) is 13.2 Å². The lowest BCUT2D eigenvalue weighted by atomic mass is 10.1. The first kappa shape index (κ1) is 14.5. The fraction of sp³-hybridized carbons (Fsp3) is 0.417. The average molecular weight is 260 g/mol. The smallest absolute Gasteiger partial charge is 0.254 e. The molecular weight excluding hydrogens is 245 g/mol. The lowest BCUT2D eigenvalue weighted by Crippen LogP contribution is -2.36. The molecule has 1 aromatic rings. The van der Waals surface area contributed by atoms with Gasteiger partial charge in [0, 0.05) is 6.04 Å². The van der Waals surface area contributed by atoms with Crippen LogP contribution >= 0.6 is 0 Å². The number of hydrogen-bond acceptors (Lipinski definition) is 2. The van der Waals surface area contributed by atoms with E-state index in [0.29, 0.717) is 19.4 Å². The first-order valence-corrected chi connectivity index (χ1v) is 5.65. The molecule has 0 saturated carbocycles. The molecule has 6 heteroatoms. The summed E-state index contributed by atoms with van der Waals surface area (Å²) in [6, 6.07) is 1.42. The second kappa shape index (κ2) is 6.39. The highest BCUT2D eigenvalue weighted by molar-refractivity contribution is 5.94. The van der Waals surface area contributed by atoms with Crippen LogP contribution in [0, 0.1) is 17.5 Å². The quantitative estimate of drug-likeness (QED) is 0.795. The number of nitrogens with one attached hydrogen (secondary N) is 1. The van der Waals surface area contributed by atoms with Gasteiger partial charge in [-0.05, 0) is 31.5 Å². The van der Waals surface area contributed by atoms with Crippen molar-refractivity contribution in [2.75, 3.05) is 6.54 Å². The monoisotopic (exact) mass is 260 g/mol. The van der Waals surface area contributed by atoms with Crippen LogP contribution in [0.2, 0.25) is 0 Å². The summed E-state index contributed by atoms with van der Waals surface area (Å²) in [7, 11) is 0. The predicted molar refractivity (Wildman–Crippen MR) is 61.5 cm³/mol. The normalized spacial score (nSPS) is 12.3. The van der Waals surface area contributed by atoms with Gasteiger partial charge in [-0.3, -0.25) is 4.79 Å². The van der Waals surface area contributed by atoms with Crippen LogP contribution in [0.3, 0.4) is 0 Å². The number of halogens is 3. The van der Waals surface area contributed by atoms with Crippen molar-refractivity contribution in [1.29, 1.82) is 0 Å². The summed E-state index contributed by atoms with van der Waals surface area (Å²) in [5.41, 5.74) is 4.85. The lowest BCUT2D eigenvalue weighted by molar-refractivity contribution is 0.0929. The molecule has 1 atom stereocenters. The molecule has 0 aliphatic rings. The Kier molecular flexibility index (Phi) is 5.15. The van der Waals surface area contributed by atoms with Crippen LogP contribution < -0.4 is 11.1 Å². The van der Waals surface area contributed by atoms with Crippen LogP contribution in [0.25, 0.3) is 0 Å². The molecular formula is C12H15F3N2O. The molecule has 1 unspecified atom stereocenters. The van der Waals surface area contributed by atoms with E-state index in [1.54, 1.807) is 0 Å². The van der Waals surface area contributed by atoms with Crippen molar-refractivity contribution < 1.29 is 18.0 Å². The summed E-state index contributed by atoms with van der Waals surface area (Å²) in [6.45, 7) is 2.21.